The summed E-state index contributed by atoms with van der Waals surface area (Å²) >= 11 is 1.54. The summed E-state index contributed by atoms with van der Waals surface area (Å²) in [5, 5.41) is 0. The molecule has 2 amide bonds. The van der Waals surface area contributed by atoms with Gasteiger partial charge in [0.15, 0.2) is 11.5 Å². The van der Waals surface area contributed by atoms with E-state index in [1.54, 1.807) is 11.0 Å². The van der Waals surface area contributed by atoms with Crippen LogP contribution in [0.15, 0.2) is 59.5 Å². The molecule has 2 aliphatic rings. The van der Waals surface area contributed by atoms with E-state index >= 15 is 0 Å². The SMILES string of the molecule is O=C(CSc1ccccc1)N1CCN(C(=O)[C@H]2COc3ccccc3O2)CC1. The highest BCUT2D eigenvalue weighted by Crippen LogP contribution is 2.31. The zero-order valence-electron chi connectivity index (χ0n) is 15.5. The molecule has 0 spiro atoms. The normalized spacial score (nSPS) is 18.6. The number of thioether (sulfide) groups is 1. The molecule has 146 valence electrons. The van der Waals surface area contributed by atoms with Crippen LogP contribution in [-0.4, -0.2) is 66.3 Å². The Labute approximate surface area is 168 Å². The molecule has 0 bridgehead atoms. The lowest BCUT2D eigenvalue weighted by molar-refractivity contribution is -0.145. The Morgan fingerprint density at radius 3 is 2.29 bits per heavy atom. The van der Waals surface area contributed by atoms with Gasteiger partial charge in [0.2, 0.25) is 12.0 Å². The number of nitrogens with zero attached hydrogens (tertiary/aromatic N) is 2. The predicted molar refractivity (Wildman–Crippen MR) is 107 cm³/mol. The Balaban J connectivity index is 1.26. The van der Waals surface area contributed by atoms with Gasteiger partial charge < -0.3 is 19.3 Å². The highest BCUT2D eigenvalue weighted by atomic mass is 32.2. The average Bonchev–Trinajstić information content (AvgIpc) is 2.77. The maximum Gasteiger partial charge on any atom is 0.267 e. The number of carbonyl (C=O) groups excluding carboxylic acids is 2. The number of piperazine rings is 1. The van der Waals surface area contributed by atoms with E-state index in [4.69, 9.17) is 9.47 Å². The van der Waals surface area contributed by atoms with E-state index in [0.717, 1.165) is 4.90 Å². The Morgan fingerprint density at radius 2 is 1.54 bits per heavy atom. The van der Waals surface area contributed by atoms with Crippen molar-refractivity contribution >= 4 is 23.6 Å². The minimum absolute atomic E-state index is 0.0831. The van der Waals surface area contributed by atoms with Gasteiger partial charge in [-0.15, -0.1) is 11.8 Å². The summed E-state index contributed by atoms with van der Waals surface area (Å²) in [5.74, 6) is 1.69. The van der Waals surface area contributed by atoms with Gasteiger partial charge in [-0.3, -0.25) is 9.59 Å². The quantitative estimate of drug-likeness (QED) is 0.740. The molecule has 1 fully saturated rings. The standard InChI is InChI=1S/C21H22N2O4S/c24-20(15-28-16-6-2-1-3-7-16)22-10-12-23(13-11-22)21(25)19-14-26-17-8-4-5-9-18(17)27-19/h1-9,19H,10-15H2/t19-/m1/s1. The third-order valence-electron chi connectivity index (χ3n) is 4.83. The Morgan fingerprint density at radius 1 is 0.893 bits per heavy atom. The Kier molecular flexibility index (Phi) is 5.71. The summed E-state index contributed by atoms with van der Waals surface area (Å²) in [5.41, 5.74) is 0. The fourth-order valence-electron chi connectivity index (χ4n) is 3.27. The maximum absolute atomic E-state index is 12.8. The van der Waals surface area contributed by atoms with Crippen LogP contribution in [0.1, 0.15) is 0 Å². The molecule has 0 N–H and O–H groups in total. The minimum atomic E-state index is -0.634. The third kappa shape index (κ3) is 4.25. The lowest BCUT2D eigenvalue weighted by atomic mass is 10.2. The molecule has 1 saturated heterocycles. The molecule has 2 aromatic rings. The van der Waals surface area contributed by atoms with E-state index in [9.17, 15) is 9.59 Å². The van der Waals surface area contributed by atoms with Gasteiger partial charge in [0.05, 0.1) is 5.75 Å². The van der Waals surface area contributed by atoms with Gasteiger partial charge in [0.1, 0.15) is 6.61 Å². The monoisotopic (exact) mass is 398 g/mol. The van der Waals surface area contributed by atoms with Crippen molar-refractivity contribution in [3.8, 4) is 11.5 Å². The second-order valence-corrected chi connectivity index (χ2v) is 7.72. The lowest BCUT2D eigenvalue weighted by Gasteiger charge is -2.37. The number of hydrogen-bond donors (Lipinski definition) is 0. The molecular weight excluding hydrogens is 376 g/mol. The predicted octanol–water partition coefficient (Wildman–Crippen LogP) is 2.29. The third-order valence-corrected chi connectivity index (χ3v) is 5.83. The number of para-hydroxylation sites is 2. The Hall–Kier alpha value is -2.67. The van der Waals surface area contributed by atoms with Crippen LogP contribution in [0.4, 0.5) is 0 Å². The van der Waals surface area contributed by atoms with E-state index in [1.165, 1.54) is 11.8 Å². The van der Waals surface area contributed by atoms with Gasteiger partial charge in [-0.25, -0.2) is 0 Å². The zero-order chi connectivity index (χ0) is 19.3. The second kappa shape index (κ2) is 8.56. The van der Waals surface area contributed by atoms with Crippen LogP contribution >= 0.6 is 11.8 Å². The second-order valence-electron chi connectivity index (χ2n) is 6.67. The molecule has 2 aromatic carbocycles. The topological polar surface area (TPSA) is 59.1 Å². The van der Waals surface area contributed by atoms with Crippen molar-refractivity contribution in [3.05, 3.63) is 54.6 Å². The minimum Gasteiger partial charge on any atom is -0.485 e. The molecule has 7 heteroatoms. The molecule has 6 nitrogen and oxygen atoms in total. The lowest BCUT2D eigenvalue weighted by Crippen LogP contribution is -2.55. The first-order valence-corrected chi connectivity index (χ1v) is 10.3. The van der Waals surface area contributed by atoms with Gasteiger partial charge in [-0.2, -0.15) is 0 Å². The summed E-state index contributed by atoms with van der Waals surface area (Å²) in [7, 11) is 0. The van der Waals surface area contributed by atoms with Crippen molar-refractivity contribution in [3.63, 3.8) is 0 Å². The molecule has 0 aromatic heterocycles. The fourth-order valence-corrected chi connectivity index (χ4v) is 4.10. The van der Waals surface area contributed by atoms with Crippen molar-refractivity contribution in [2.45, 2.75) is 11.0 Å². The number of ether oxygens (including phenoxy) is 2. The molecule has 0 saturated carbocycles. The first-order chi connectivity index (χ1) is 13.7. The molecule has 2 heterocycles. The number of benzene rings is 2. The van der Waals surface area contributed by atoms with Crippen LogP contribution in [0.2, 0.25) is 0 Å². The molecule has 0 unspecified atom stereocenters. The van der Waals surface area contributed by atoms with E-state index in [-0.39, 0.29) is 18.4 Å². The first-order valence-electron chi connectivity index (χ1n) is 9.33. The van der Waals surface area contributed by atoms with Crippen LogP contribution in [0.25, 0.3) is 0 Å². The van der Waals surface area contributed by atoms with Crippen molar-refractivity contribution in [1.82, 2.24) is 9.80 Å². The maximum atomic E-state index is 12.8. The van der Waals surface area contributed by atoms with E-state index < -0.39 is 6.10 Å². The number of amides is 2. The van der Waals surface area contributed by atoms with Crippen molar-refractivity contribution < 1.29 is 19.1 Å². The van der Waals surface area contributed by atoms with Crippen LogP contribution < -0.4 is 9.47 Å². The molecule has 4 rings (SSSR count). The van der Waals surface area contributed by atoms with Crippen LogP contribution in [0.3, 0.4) is 0 Å². The summed E-state index contributed by atoms with van der Waals surface area (Å²) in [6, 6.07) is 17.2. The molecule has 0 aliphatic carbocycles. The zero-order valence-corrected chi connectivity index (χ0v) is 16.3. The highest BCUT2D eigenvalue weighted by molar-refractivity contribution is 8.00. The Bertz CT molecular complexity index is 837. The summed E-state index contributed by atoms with van der Waals surface area (Å²) in [6.45, 7) is 2.33. The van der Waals surface area contributed by atoms with Gasteiger partial charge in [-0.05, 0) is 24.3 Å². The van der Waals surface area contributed by atoms with Gasteiger partial charge in [0.25, 0.3) is 5.91 Å². The molecule has 28 heavy (non-hydrogen) atoms. The first kappa shape index (κ1) is 18.7. The van der Waals surface area contributed by atoms with Gasteiger partial charge in [0, 0.05) is 31.1 Å². The molecule has 1 atom stereocenters. The fraction of sp³-hybridized carbons (Fsp3) is 0.333. The molecule has 2 aliphatic heterocycles. The smallest absolute Gasteiger partial charge is 0.267 e. The summed E-state index contributed by atoms with van der Waals surface area (Å²) in [6.07, 6.45) is -0.634. The molecule has 0 radical (unpaired) electrons. The summed E-state index contributed by atoms with van der Waals surface area (Å²) in [4.78, 5) is 29.9. The van der Waals surface area contributed by atoms with Crippen LogP contribution in [0.5, 0.6) is 11.5 Å². The van der Waals surface area contributed by atoms with Crippen LogP contribution in [0, 0.1) is 0 Å². The number of carbonyl (C=O) groups is 2. The average molecular weight is 398 g/mol. The van der Waals surface area contributed by atoms with Crippen molar-refractivity contribution in [1.29, 1.82) is 0 Å². The summed E-state index contributed by atoms with van der Waals surface area (Å²) < 4.78 is 11.5. The number of hydrogen-bond acceptors (Lipinski definition) is 5. The number of rotatable bonds is 4. The number of fused-ring (bicyclic) bond motifs is 1. The van der Waals surface area contributed by atoms with Gasteiger partial charge in [-0.1, -0.05) is 30.3 Å². The molecular formula is C21H22N2O4S. The van der Waals surface area contributed by atoms with Crippen molar-refractivity contribution in [2.24, 2.45) is 0 Å². The van der Waals surface area contributed by atoms with E-state index in [0.29, 0.717) is 43.4 Å². The van der Waals surface area contributed by atoms with E-state index in [1.807, 2.05) is 53.4 Å². The van der Waals surface area contributed by atoms with E-state index in [2.05, 4.69) is 0 Å². The van der Waals surface area contributed by atoms with Crippen LogP contribution in [-0.2, 0) is 9.59 Å². The highest BCUT2D eigenvalue weighted by Gasteiger charge is 2.33. The van der Waals surface area contributed by atoms with Crippen molar-refractivity contribution in [2.75, 3.05) is 38.5 Å². The van der Waals surface area contributed by atoms with Gasteiger partial charge >= 0.3 is 0 Å². The largest absolute Gasteiger partial charge is 0.485 e.